The smallest absolute Gasteiger partial charge is 0.314 e. The van der Waals surface area contributed by atoms with Gasteiger partial charge in [0.1, 0.15) is 6.10 Å². The Morgan fingerprint density at radius 2 is 1.66 bits per heavy atom. The molecule has 0 saturated heterocycles. The first kappa shape index (κ1) is 23.3. The number of esters is 1. The van der Waals surface area contributed by atoms with Gasteiger partial charge in [-0.2, -0.15) is 0 Å². The fraction of sp³-hybridized carbons (Fsp3) is 0.240. The van der Waals surface area contributed by atoms with Gasteiger partial charge in [-0.1, -0.05) is 47.7 Å². The number of ether oxygens (including phenoxy) is 1. The molecule has 166 valence electrons. The molecule has 6 nitrogen and oxygen atoms in total. The van der Waals surface area contributed by atoms with E-state index in [9.17, 15) is 18.3 Å². The van der Waals surface area contributed by atoms with Gasteiger partial charge in [0, 0.05) is 17.3 Å². The Labute approximate surface area is 188 Å². The molecule has 0 bridgehead atoms. The molecule has 3 rings (SSSR count). The number of aromatic nitrogens is 1. The summed E-state index contributed by atoms with van der Waals surface area (Å²) in [4.78, 5) is 12.4. The molecule has 1 atom stereocenters. The van der Waals surface area contributed by atoms with Crippen LogP contribution < -0.4 is 0 Å². The number of aliphatic hydroxyl groups excluding tert-OH is 1. The topological polar surface area (TPSA) is 85.6 Å². The number of carbonyl (C=O) groups excluding carboxylic acids is 1. The zero-order valence-corrected chi connectivity index (χ0v) is 19.2. The van der Waals surface area contributed by atoms with Crippen LogP contribution in [-0.2, 0) is 19.6 Å². The lowest BCUT2D eigenvalue weighted by atomic mass is 9.84. The second kappa shape index (κ2) is 9.03. The Hall–Kier alpha value is -3.34. The Morgan fingerprint density at radius 1 is 1.03 bits per heavy atom. The van der Waals surface area contributed by atoms with E-state index in [1.165, 1.54) is 45.4 Å². The highest BCUT2D eigenvalue weighted by molar-refractivity contribution is 7.90. The maximum Gasteiger partial charge on any atom is 0.314 e. The van der Waals surface area contributed by atoms with Crippen molar-refractivity contribution in [2.75, 3.05) is 7.11 Å². The molecule has 0 radical (unpaired) electrons. The second-order valence-corrected chi connectivity index (χ2v) is 9.78. The van der Waals surface area contributed by atoms with Gasteiger partial charge in [0.15, 0.2) is 0 Å². The molecular weight excluding hydrogens is 426 g/mol. The first-order valence-corrected chi connectivity index (χ1v) is 11.4. The Kier molecular flexibility index (Phi) is 6.58. The van der Waals surface area contributed by atoms with Crippen LogP contribution in [0.4, 0.5) is 0 Å². The molecule has 1 heterocycles. The summed E-state index contributed by atoms with van der Waals surface area (Å²) < 4.78 is 32.6. The molecule has 0 amide bonds. The molecule has 1 N–H and O–H groups in total. The second-order valence-electron chi connectivity index (χ2n) is 7.96. The van der Waals surface area contributed by atoms with Crippen molar-refractivity contribution in [2.24, 2.45) is 5.41 Å². The minimum absolute atomic E-state index is 0.00408. The Balaban J connectivity index is 2.20. The Morgan fingerprint density at radius 3 is 2.25 bits per heavy atom. The number of aliphatic hydroxyl groups is 1. The highest BCUT2D eigenvalue weighted by Gasteiger charge is 2.41. The van der Waals surface area contributed by atoms with E-state index in [-0.39, 0.29) is 10.6 Å². The van der Waals surface area contributed by atoms with Crippen molar-refractivity contribution in [3.8, 4) is 11.8 Å². The van der Waals surface area contributed by atoms with Crippen molar-refractivity contribution in [1.82, 2.24) is 3.97 Å². The fourth-order valence-electron chi connectivity index (χ4n) is 3.21. The molecule has 0 saturated carbocycles. The summed E-state index contributed by atoms with van der Waals surface area (Å²) in [6.07, 6.45) is -0.152. The van der Waals surface area contributed by atoms with Crippen LogP contribution in [0.3, 0.4) is 0 Å². The largest absolute Gasteiger partial charge is 0.469 e. The van der Waals surface area contributed by atoms with Crippen molar-refractivity contribution in [1.29, 1.82) is 0 Å². The third-order valence-corrected chi connectivity index (χ3v) is 6.94. The molecule has 3 aromatic rings. The highest BCUT2D eigenvalue weighted by atomic mass is 32.2. The standard InChI is InChI=1S/C25H25NO5S/c1-18-10-14-21(15-11-18)32(29,30)26-17-16-20(13-12-19-8-6-5-7-9-19)22(26)23(27)25(2,3)24(28)31-4/h5-11,14-17,23,27H,1-4H3. The lowest BCUT2D eigenvalue weighted by Crippen LogP contribution is -2.34. The zero-order valence-electron chi connectivity index (χ0n) is 18.4. The van der Waals surface area contributed by atoms with E-state index in [2.05, 4.69) is 11.8 Å². The summed E-state index contributed by atoms with van der Waals surface area (Å²) in [7, 11) is -2.83. The number of aryl methyl sites for hydroxylation is 1. The summed E-state index contributed by atoms with van der Waals surface area (Å²) in [5.74, 6) is 5.25. The van der Waals surface area contributed by atoms with Gasteiger partial charge in [0.2, 0.25) is 0 Å². The van der Waals surface area contributed by atoms with Crippen LogP contribution in [0.1, 0.15) is 42.3 Å². The molecule has 0 spiro atoms. The molecule has 0 aliphatic carbocycles. The number of rotatable bonds is 5. The van der Waals surface area contributed by atoms with Crippen molar-refractivity contribution in [2.45, 2.75) is 31.8 Å². The average molecular weight is 452 g/mol. The van der Waals surface area contributed by atoms with Crippen LogP contribution in [0, 0.1) is 24.2 Å². The van der Waals surface area contributed by atoms with Crippen LogP contribution in [0.5, 0.6) is 0 Å². The molecular formula is C25H25NO5S. The number of hydrogen-bond acceptors (Lipinski definition) is 5. The summed E-state index contributed by atoms with van der Waals surface area (Å²) in [6, 6.07) is 17.1. The van der Waals surface area contributed by atoms with Crippen molar-refractivity contribution < 1.29 is 23.1 Å². The van der Waals surface area contributed by atoms with Crippen LogP contribution in [0.2, 0.25) is 0 Å². The predicted molar refractivity (Wildman–Crippen MR) is 121 cm³/mol. The number of nitrogens with zero attached hydrogens (tertiary/aromatic N) is 1. The lowest BCUT2D eigenvalue weighted by Gasteiger charge is -2.28. The van der Waals surface area contributed by atoms with Crippen LogP contribution >= 0.6 is 0 Å². The summed E-state index contributed by atoms with van der Waals surface area (Å²) in [5.41, 5.74) is 0.530. The van der Waals surface area contributed by atoms with E-state index < -0.39 is 27.5 Å². The monoisotopic (exact) mass is 451 g/mol. The SMILES string of the molecule is COC(=O)C(C)(C)C(O)c1c(C#Cc2ccccc2)ccn1S(=O)(=O)c1ccc(C)cc1. The molecule has 0 aliphatic rings. The third-order valence-electron chi connectivity index (χ3n) is 5.24. The first-order valence-electron chi connectivity index (χ1n) is 9.96. The molecule has 1 aromatic heterocycles. The van der Waals surface area contributed by atoms with Crippen molar-refractivity contribution in [3.63, 3.8) is 0 Å². The van der Waals surface area contributed by atoms with Gasteiger partial charge in [0.05, 0.1) is 23.1 Å². The number of methoxy groups -OCH3 is 1. The number of benzene rings is 2. The Bertz CT molecular complexity index is 1280. The highest BCUT2D eigenvalue weighted by Crippen LogP contribution is 2.37. The van der Waals surface area contributed by atoms with Gasteiger partial charge in [0.25, 0.3) is 10.0 Å². The molecule has 0 fully saturated rings. The maximum atomic E-state index is 13.4. The van der Waals surface area contributed by atoms with Gasteiger partial charge in [-0.3, -0.25) is 4.79 Å². The average Bonchev–Trinajstić information content (AvgIpc) is 3.22. The fourth-order valence-corrected chi connectivity index (χ4v) is 4.60. The van der Waals surface area contributed by atoms with E-state index in [1.807, 2.05) is 37.3 Å². The summed E-state index contributed by atoms with van der Waals surface area (Å²) >= 11 is 0. The molecule has 1 unspecified atom stereocenters. The predicted octanol–water partition coefficient (Wildman–Crippen LogP) is 3.67. The van der Waals surface area contributed by atoms with Crippen LogP contribution in [-0.4, -0.2) is 30.6 Å². The van der Waals surface area contributed by atoms with Crippen LogP contribution in [0.15, 0.2) is 71.8 Å². The minimum Gasteiger partial charge on any atom is -0.469 e. The van der Waals surface area contributed by atoms with Gasteiger partial charge in [-0.15, -0.1) is 0 Å². The van der Waals surface area contributed by atoms with E-state index >= 15 is 0 Å². The zero-order chi connectivity index (χ0) is 23.5. The molecule has 2 aromatic carbocycles. The molecule has 0 aliphatic heterocycles. The number of hydrogen-bond donors (Lipinski definition) is 1. The van der Waals surface area contributed by atoms with Crippen molar-refractivity contribution in [3.05, 3.63) is 89.2 Å². The quantitative estimate of drug-likeness (QED) is 0.473. The van der Waals surface area contributed by atoms with E-state index in [0.717, 1.165) is 15.1 Å². The molecule has 7 heteroatoms. The molecule has 32 heavy (non-hydrogen) atoms. The van der Waals surface area contributed by atoms with Crippen molar-refractivity contribution >= 4 is 16.0 Å². The summed E-state index contributed by atoms with van der Waals surface area (Å²) in [6.45, 7) is 4.85. The normalized spacial score (nSPS) is 12.5. The van der Waals surface area contributed by atoms with Gasteiger partial charge >= 0.3 is 5.97 Å². The minimum atomic E-state index is -4.05. The van der Waals surface area contributed by atoms with E-state index in [4.69, 9.17) is 4.74 Å². The van der Waals surface area contributed by atoms with Crippen LogP contribution in [0.25, 0.3) is 0 Å². The first-order chi connectivity index (χ1) is 15.1. The van der Waals surface area contributed by atoms with Gasteiger partial charge in [-0.25, -0.2) is 12.4 Å². The van der Waals surface area contributed by atoms with E-state index in [1.54, 1.807) is 12.1 Å². The van der Waals surface area contributed by atoms with E-state index in [0.29, 0.717) is 5.56 Å². The lowest BCUT2D eigenvalue weighted by molar-refractivity contribution is -0.157. The maximum absolute atomic E-state index is 13.4. The number of carbonyl (C=O) groups is 1. The third kappa shape index (κ3) is 4.47. The summed E-state index contributed by atoms with van der Waals surface area (Å²) in [5, 5.41) is 11.2. The van der Waals surface area contributed by atoms with Gasteiger partial charge in [-0.05, 0) is 51.1 Å². The van der Waals surface area contributed by atoms with Gasteiger partial charge < -0.3 is 9.84 Å².